The van der Waals surface area contributed by atoms with E-state index in [1.165, 1.54) is 0 Å². The fourth-order valence-electron chi connectivity index (χ4n) is 5.84. The number of carbonyl (C=O) groups excluding carboxylic acids is 1. The predicted molar refractivity (Wildman–Crippen MR) is 138 cm³/mol. The maximum atomic E-state index is 14.0. The van der Waals surface area contributed by atoms with Crippen LogP contribution in [0.1, 0.15) is 62.8 Å². The van der Waals surface area contributed by atoms with Gasteiger partial charge in [-0.15, -0.1) is 0 Å². The quantitative estimate of drug-likeness (QED) is 0.436. The standard InChI is InChI=1S/C29H33F2N3O3/c1-27(2,3)25-11-16-10-18(5-6-23(16)34(25)15-19(35)14-32)33-26(36)28(8-9-28)17-4-7-24-21(12-17)20-13-22(20)29(30,31)37-24/h4-7,10-12,19-20,22,35H,8-9,13-15,32H2,1-3H3,(H,33,36)/t19-,20+,22?/m0/s1. The molecule has 196 valence electrons. The number of aliphatic hydroxyl groups excluding tert-OH is 1. The Morgan fingerprint density at radius 2 is 1.97 bits per heavy atom. The highest BCUT2D eigenvalue weighted by molar-refractivity contribution is 6.02. The lowest BCUT2D eigenvalue weighted by Gasteiger charge is -2.26. The van der Waals surface area contributed by atoms with Crippen molar-refractivity contribution in [2.24, 2.45) is 11.7 Å². The van der Waals surface area contributed by atoms with E-state index in [0.29, 0.717) is 31.5 Å². The molecule has 2 aliphatic carbocycles. The number of nitrogens with one attached hydrogen (secondary N) is 1. The number of alkyl halides is 2. The number of anilines is 1. The van der Waals surface area contributed by atoms with Gasteiger partial charge in [-0.25, -0.2) is 0 Å². The molecule has 8 heteroatoms. The second-order valence-corrected chi connectivity index (χ2v) is 12.0. The first kappa shape index (κ1) is 24.4. The first-order valence-electron chi connectivity index (χ1n) is 13.0. The van der Waals surface area contributed by atoms with Crippen molar-refractivity contribution in [1.29, 1.82) is 0 Å². The summed E-state index contributed by atoms with van der Waals surface area (Å²) in [5.74, 6) is -0.815. The number of hydrogen-bond acceptors (Lipinski definition) is 4. The number of rotatable bonds is 6. The van der Waals surface area contributed by atoms with Crippen LogP contribution in [0.3, 0.4) is 0 Å². The number of fused-ring (bicyclic) bond motifs is 4. The summed E-state index contributed by atoms with van der Waals surface area (Å²) in [5, 5.41) is 14.3. The number of benzene rings is 2. The van der Waals surface area contributed by atoms with Gasteiger partial charge in [0.25, 0.3) is 0 Å². The van der Waals surface area contributed by atoms with Crippen LogP contribution in [0.25, 0.3) is 10.9 Å². The Labute approximate surface area is 214 Å². The molecular formula is C29H33F2N3O3. The lowest BCUT2D eigenvalue weighted by Crippen LogP contribution is -2.32. The Balaban J connectivity index is 1.27. The average Bonchev–Trinajstić information content (AvgIpc) is 3.75. The van der Waals surface area contributed by atoms with Crippen LogP contribution in [0.15, 0.2) is 42.5 Å². The van der Waals surface area contributed by atoms with Crippen LogP contribution in [0.4, 0.5) is 14.5 Å². The molecule has 0 spiro atoms. The third-order valence-electron chi connectivity index (χ3n) is 8.21. The van der Waals surface area contributed by atoms with Crippen molar-refractivity contribution in [3.05, 3.63) is 59.3 Å². The summed E-state index contributed by atoms with van der Waals surface area (Å²) in [6.45, 7) is 6.96. The summed E-state index contributed by atoms with van der Waals surface area (Å²) in [6, 6.07) is 13.2. The van der Waals surface area contributed by atoms with Crippen LogP contribution < -0.4 is 15.8 Å². The first-order chi connectivity index (χ1) is 17.4. The molecule has 2 saturated carbocycles. The zero-order chi connectivity index (χ0) is 26.3. The van der Waals surface area contributed by atoms with Crippen molar-refractivity contribution >= 4 is 22.5 Å². The van der Waals surface area contributed by atoms with Gasteiger partial charge in [-0.2, -0.15) is 8.78 Å². The van der Waals surface area contributed by atoms with Gasteiger partial charge in [-0.3, -0.25) is 4.79 Å². The van der Waals surface area contributed by atoms with E-state index in [4.69, 9.17) is 10.5 Å². The minimum Gasteiger partial charge on any atom is -0.432 e. The molecule has 1 aromatic heterocycles. The van der Waals surface area contributed by atoms with E-state index >= 15 is 0 Å². The number of aromatic nitrogens is 1. The van der Waals surface area contributed by atoms with Gasteiger partial charge in [0.05, 0.1) is 24.0 Å². The van der Waals surface area contributed by atoms with Crippen molar-refractivity contribution < 1.29 is 23.4 Å². The molecular weight excluding hydrogens is 476 g/mol. The zero-order valence-electron chi connectivity index (χ0n) is 21.4. The van der Waals surface area contributed by atoms with Crippen molar-refractivity contribution in [1.82, 2.24) is 4.57 Å². The molecule has 1 unspecified atom stereocenters. The number of hydrogen-bond donors (Lipinski definition) is 3. The second-order valence-electron chi connectivity index (χ2n) is 12.0. The third kappa shape index (κ3) is 4.01. The second kappa shape index (κ2) is 8.01. The summed E-state index contributed by atoms with van der Waals surface area (Å²) in [6.07, 6.45) is -1.91. The van der Waals surface area contributed by atoms with Gasteiger partial charge < -0.3 is 25.5 Å². The Kier molecular flexibility index (Phi) is 5.28. The largest absolute Gasteiger partial charge is 0.432 e. The van der Waals surface area contributed by atoms with Gasteiger partial charge in [0.15, 0.2) is 0 Å². The summed E-state index contributed by atoms with van der Waals surface area (Å²) in [7, 11) is 0. The molecule has 37 heavy (non-hydrogen) atoms. The van der Waals surface area contributed by atoms with Crippen LogP contribution in [0.2, 0.25) is 0 Å². The number of aliphatic hydroxyl groups is 1. The van der Waals surface area contributed by atoms with Gasteiger partial charge >= 0.3 is 6.11 Å². The van der Waals surface area contributed by atoms with E-state index in [1.807, 2.05) is 24.3 Å². The number of halogens is 2. The highest BCUT2D eigenvalue weighted by atomic mass is 19.3. The van der Waals surface area contributed by atoms with Crippen molar-refractivity contribution in [2.45, 2.75) is 75.5 Å². The zero-order valence-corrected chi connectivity index (χ0v) is 21.4. The monoisotopic (exact) mass is 509 g/mol. The van der Waals surface area contributed by atoms with Crippen LogP contribution in [-0.2, 0) is 22.2 Å². The van der Waals surface area contributed by atoms with Gasteiger partial charge in [0.2, 0.25) is 5.91 Å². The van der Waals surface area contributed by atoms with Gasteiger partial charge in [0.1, 0.15) is 5.75 Å². The van der Waals surface area contributed by atoms with E-state index in [-0.39, 0.29) is 29.5 Å². The molecule has 3 atom stereocenters. The van der Waals surface area contributed by atoms with Gasteiger partial charge in [-0.05, 0) is 60.7 Å². The number of carbonyl (C=O) groups is 1. The van der Waals surface area contributed by atoms with Gasteiger partial charge in [-0.1, -0.05) is 32.9 Å². The molecule has 0 saturated heterocycles. The Bertz CT molecular complexity index is 1400. The first-order valence-corrected chi connectivity index (χ1v) is 13.0. The summed E-state index contributed by atoms with van der Waals surface area (Å²) >= 11 is 0. The van der Waals surface area contributed by atoms with Gasteiger partial charge in [0, 0.05) is 40.2 Å². The fraction of sp³-hybridized carbons (Fsp3) is 0.483. The van der Waals surface area contributed by atoms with Crippen molar-refractivity contribution in [3.8, 4) is 5.75 Å². The van der Waals surface area contributed by atoms with Crippen LogP contribution in [0, 0.1) is 5.92 Å². The Hall–Kier alpha value is -2.97. The lowest BCUT2D eigenvalue weighted by molar-refractivity contribution is -0.198. The maximum absolute atomic E-state index is 14.0. The lowest BCUT2D eigenvalue weighted by atomic mass is 9.91. The van der Waals surface area contributed by atoms with E-state index in [2.05, 4.69) is 36.7 Å². The maximum Gasteiger partial charge on any atom is 0.401 e. The van der Waals surface area contributed by atoms with Crippen molar-refractivity contribution in [2.75, 3.05) is 11.9 Å². The molecule has 1 amide bonds. The average molecular weight is 510 g/mol. The number of amides is 1. The van der Waals surface area contributed by atoms with Crippen LogP contribution in [-0.4, -0.2) is 34.3 Å². The third-order valence-corrected chi connectivity index (χ3v) is 8.21. The fourth-order valence-corrected chi connectivity index (χ4v) is 5.84. The molecule has 0 bridgehead atoms. The molecule has 6 rings (SSSR count). The molecule has 3 aromatic rings. The van der Waals surface area contributed by atoms with E-state index in [1.54, 1.807) is 12.1 Å². The van der Waals surface area contributed by atoms with E-state index in [0.717, 1.165) is 27.7 Å². The highest BCUT2D eigenvalue weighted by Gasteiger charge is 2.62. The van der Waals surface area contributed by atoms with Crippen LogP contribution >= 0.6 is 0 Å². The summed E-state index contributed by atoms with van der Waals surface area (Å²) in [5.41, 5.74) is 9.29. The Morgan fingerprint density at radius 3 is 2.65 bits per heavy atom. The molecule has 2 heterocycles. The summed E-state index contributed by atoms with van der Waals surface area (Å²) < 4.78 is 35.1. The van der Waals surface area contributed by atoms with E-state index in [9.17, 15) is 18.7 Å². The molecule has 2 fully saturated rings. The number of nitrogens with two attached hydrogens (primary N) is 1. The molecule has 6 nitrogen and oxygen atoms in total. The molecule has 1 aliphatic heterocycles. The van der Waals surface area contributed by atoms with E-state index < -0.39 is 23.5 Å². The normalized spacial score (nSPS) is 23.5. The smallest absolute Gasteiger partial charge is 0.401 e. The molecule has 3 aliphatic rings. The Morgan fingerprint density at radius 1 is 1.22 bits per heavy atom. The summed E-state index contributed by atoms with van der Waals surface area (Å²) in [4.78, 5) is 13.5. The highest BCUT2D eigenvalue weighted by Crippen LogP contribution is 2.62. The predicted octanol–water partition coefficient (Wildman–Crippen LogP) is 5.02. The number of ether oxygens (including phenoxy) is 1. The van der Waals surface area contributed by atoms with Crippen molar-refractivity contribution in [3.63, 3.8) is 0 Å². The van der Waals surface area contributed by atoms with Crippen LogP contribution in [0.5, 0.6) is 5.75 Å². The minimum atomic E-state index is -3.11. The molecule has 0 radical (unpaired) electrons. The molecule has 2 aromatic carbocycles. The SMILES string of the molecule is CC(C)(C)c1cc2cc(NC(=O)C3(c4ccc5c(c4)[C@H]4CC4C(F)(F)O5)CC3)ccc2n1C[C@@H](O)CN. The molecule has 4 N–H and O–H groups in total. The topological polar surface area (TPSA) is 89.5 Å². The minimum absolute atomic E-state index is 0.0877. The number of nitrogens with zero attached hydrogens (tertiary/aromatic N) is 1.